The zero-order valence-electron chi connectivity index (χ0n) is 12.3. The first-order chi connectivity index (χ1) is 9.88. The number of aryl methyl sites for hydroxylation is 1. The molecular weight excluding hydrogens is 248 g/mol. The summed E-state index contributed by atoms with van der Waals surface area (Å²) in [5.41, 5.74) is 2.34. The van der Waals surface area contributed by atoms with E-state index in [4.69, 9.17) is 4.98 Å². The highest BCUT2D eigenvalue weighted by atomic mass is 15.2. The molecule has 0 saturated carbocycles. The summed E-state index contributed by atoms with van der Waals surface area (Å²) in [5, 5.41) is 3.54. The van der Waals surface area contributed by atoms with E-state index in [1.807, 2.05) is 0 Å². The number of hydrogen-bond acceptors (Lipinski definition) is 3. The van der Waals surface area contributed by atoms with E-state index < -0.39 is 0 Å². The zero-order chi connectivity index (χ0) is 13.8. The van der Waals surface area contributed by atoms with Gasteiger partial charge in [-0.25, -0.2) is 4.98 Å². The Balaban J connectivity index is 1.59. The second-order valence-electron chi connectivity index (χ2n) is 5.49. The second kappa shape index (κ2) is 6.37. The van der Waals surface area contributed by atoms with Crippen molar-refractivity contribution in [1.29, 1.82) is 0 Å². The highest BCUT2D eigenvalue weighted by molar-refractivity contribution is 5.75. The lowest BCUT2D eigenvalue weighted by molar-refractivity contribution is 0.334. The molecule has 1 aliphatic rings. The van der Waals surface area contributed by atoms with E-state index in [2.05, 4.69) is 46.0 Å². The molecule has 1 fully saturated rings. The van der Waals surface area contributed by atoms with E-state index in [1.54, 1.807) is 0 Å². The average Bonchev–Trinajstić information content (AvgIpc) is 3.10. The minimum Gasteiger partial charge on any atom is -0.327 e. The van der Waals surface area contributed by atoms with Crippen LogP contribution in [-0.4, -0.2) is 40.6 Å². The normalized spacial score (nSPS) is 16.2. The maximum atomic E-state index is 4.74. The lowest BCUT2D eigenvalue weighted by atomic mass is 10.3. The van der Waals surface area contributed by atoms with E-state index in [0.29, 0.717) is 0 Å². The molecular formula is C16H24N4. The van der Waals surface area contributed by atoms with Crippen molar-refractivity contribution in [2.24, 2.45) is 0 Å². The van der Waals surface area contributed by atoms with Crippen LogP contribution in [0.25, 0.3) is 11.0 Å². The largest absolute Gasteiger partial charge is 0.327 e. The van der Waals surface area contributed by atoms with Gasteiger partial charge in [0.1, 0.15) is 5.82 Å². The van der Waals surface area contributed by atoms with Crippen LogP contribution in [0.5, 0.6) is 0 Å². The third-order valence-electron chi connectivity index (χ3n) is 4.14. The number of fused-ring (bicyclic) bond motifs is 1. The van der Waals surface area contributed by atoms with Gasteiger partial charge in [-0.2, -0.15) is 0 Å². The number of nitrogens with one attached hydrogen (secondary N) is 1. The fourth-order valence-electron chi connectivity index (χ4n) is 3.06. The van der Waals surface area contributed by atoms with E-state index in [-0.39, 0.29) is 0 Å². The number of likely N-dealkylation sites (tertiary alicyclic amines) is 1. The van der Waals surface area contributed by atoms with Gasteiger partial charge in [-0.1, -0.05) is 12.1 Å². The molecule has 3 rings (SSSR count). The quantitative estimate of drug-likeness (QED) is 0.819. The minimum absolute atomic E-state index is 0.858. The first kappa shape index (κ1) is 13.6. The number of para-hydroxylation sites is 2. The van der Waals surface area contributed by atoms with E-state index >= 15 is 0 Å². The highest BCUT2D eigenvalue weighted by Crippen LogP contribution is 2.15. The van der Waals surface area contributed by atoms with E-state index in [0.717, 1.165) is 37.5 Å². The Morgan fingerprint density at radius 3 is 2.80 bits per heavy atom. The summed E-state index contributed by atoms with van der Waals surface area (Å²) >= 11 is 0. The van der Waals surface area contributed by atoms with Crippen molar-refractivity contribution >= 4 is 11.0 Å². The van der Waals surface area contributed by atoms with Gasteiger partial charge >= 0.3 is 0 Å². The smallest absolute Gasteiger partial charge is 0.123 e. The first-order valence-electron chi connectivity index (χ1n) is 7.75. The number of aromatic nitrogens is 2. The molecule has 0 spiro atoms. The van der Waals surface area contributed by atoms with Crippen LogP contribution in [0, 0.1) is 0 Å². The zero-order valence-corrected chi connectivity index (χ0v) is 12.3. The van der Waals surface area contributed by atoms with Crippen molar-refractivity contribution in [3.05, 3.63) is 30.1 Å². The van der Waals surface area contributed by atoms with Gasteiger partial charge in [0.15, 0.2) is 0 Å². The number of benzene rings is 1. The number of nitrogens with zero attached hydrogens (tertiary/aromatic N) is 3. The molecule has 108 valence electrons. The van der Waals surface area contributed by atoms with Crippen LogP contribution in [0.2, 0.25) is 0 Å². The van der Waals surface area contributed by atoms with Gasteiger partial charge in [-0.15, -0.1) is 0 Å². The molecule has 2 aromatic rings. The van der Waals surface area contributed by atoms with Crippen LogP contribution < -0.4 is 5.32 Å². The molecule has 4 nitrogen and oxygen atoms in total. The van der Waals surface area contributed by atoms with Crippen LogP contribution in [0.3, 0.4) is 0 Å². The third kappa shape index (κ3) is 2.86. The topological polar surface area (TPSA) is 33.1 Å². The van der Waals surface area contributed by atoms with Gasteiger partial charge in [-0.3, -0.25) is 0 Å². The van der Waals surface area contributed by atoms with Crippen LogP contribution >= 0.6 is 0 Å². The van der Waals surface area contributed by atoms with Crippen molar-refractivity contribution in [3.63, 3.8) is 0 Å². The molecule has 1 N–H and O–H groups in total. The first-order valence-corrected chi connectivity index (χ1v) is 7.75. The van der Waals surface area contributed by atoms with Crippen molar-refractivity contribution in [2.45, 2.75) is 32.9 Å². The molecule has 20 heavy (non-hydrogen) atoms. The number of hydrogen-bond donors (Lipinski definition) is 1. The lowest BCUT2D eigenvalue weighted by Gasteiger charge is -2.14. The Kier molecular flexibility index (Phi) is 4.33. The average molecular weight is 272 g/mol. The standard InChI is InChI=1S/C16H24N4/c1-2-20-15-8-4-3-7-14(15)18-16(20)13-17-9-12-19-10-5-6-11-19/h3-4,7-8,17H,2,5-6,9-13H2,1H3. The van der Waals surface area contributed by atoms with Gasteiger partial charge in [0.2, 0.25) is 0 Å². The Morgan fingerprint density at radius 2 is 2.00 bits per heavy atom. The van der Waals surface area contributed by atoms with E-state index in [9.17, 15) is 0 Å². The van der Waals surface area contributed by atoms with Crippen LogP contribution in [0.1, 0.15) is 25.6 Å². The fraction of sp³-hybridized carbons (Fsp3) is 0.562. The number of rotatable bonds is 6. The second-order valence-corrected chi connectivity index (χ2v) is 5.49. The summed E-state index contributed by atoms with van der Waals surface area (Å²) in [6, 6.07) is 8.38. The van der Waals surface area contributed by atoms with Gasteiger partial charge in [0.05, 0.1) is 17.6 Å². The summed E-state index contributed by atoms with van der Waals surface area (Å²) < 4.78 is 2.30. The Morgan fingerprint density at radius 1 is 1.20 bits per heavy atom. The van der Waals surface area contributed by atoms with Crippen molar-refractivity contribution in [2.75, 3.05) is 26.2 Å². The lowest BCUT2D eigenvalue weighted by Crippen LogP contribution is -2.30. The minimum atomic E-state index is 0.858. The molecule has 1 aromatic carbocycles. The Labute approximate surface area is 120 Å². The predicted molar refractivity (Wildman–Crippen MR) is 82.8 cm³/mol. The van der Waals surface area contributed by atoms with Crippen molar-refractivity contribution < 1.29 is 0 Å². The molecule has 0 radical (unpaired) electrons. The summed E-state index contributed by atoms with van der Waals surface area (Å²) in [6.45, 7) is 8.77. The van der Waals surface area contributed by atoms with Gasteiger partial charge < -0.3 is 14.8 Å². The highest BCUT2D eigenvalue weighted by Gasteiger charge is 2.11. The summed E-state index contributed by atoms with van der Waals surface area (Å²) in [4.78, 5) is 7.28. The van der Waals surface area contributed by atoms with E-state index in [1.165, 1.54) is 31.4 Å². The SMILES string of the molecule is CCn1c(CNCCN2CCCC2)nc2ccccc21. The molecule has 0 atom stereocenters. The molecule has 1 saturated heterocycles. The Hall–Kier alpha value is -1.39. The van der Waals surface area contributed by atoms with Gasteiger partial charge in [0, 0.05) is 19.6 Å². The monoisotopic (exact) mass is 272 g/mol. The molecule has 0 unspecified atom stereocenters. The van der Waals surface area contributed by atoms with Crippen molar-refractivity contribution in [3.8, 4) is 0 Å². The summed E-state index contributed by atoms with van der Waals surface area (Å²) in [7, 11) is 0. The fourth-order valence-corrected chi connectivity index (χ4v) is 3.06. The predicted octanol–water partition coefficient (Wildman–Crippen LogP) is 2.24. The summed E-state index contributed by atoms with van der Waals surface area (Å²) in [6.07, 6.45) is 2.73. The molecule has 1 aromatic heterocycles. The molecule has 2 heterocycles. The van der Waals surface area contributed by atoms with Crippen molar-refractivity contribution in [1.82, 2.24) is 19.8 Å². The summed E-state index contributed by atoms with van der Waals surface area (Å²) in [5.74, 6) is 1.15. The molecule has 0 aliphatic carbocycles. The molecule has 1 aliphatic heterocycles. The third-order valence-corrected chi connectivity index (χ3v) is 4.14. The van der Waals surface area contributed by atoms with Crippen LogP contribution in [0.15, 0.2) is 24.3 Å². The maximum Gasteiger partial charge on any atom is 0.123 e. The van der Waals surface area contributed by atoms with Gasteiger partial charge in [0.25, 0.3) is 0 Å². The molecule has 0 bridgehead atoms. The van der Waals surface area contributed by atoms with Crippen LogP contribution in [-0.2, 0) is 13.1 Å². The molecule has 0 amide bonds. The maximum absolute atomic E-state index is 4.74. The Bertz CT molecular complexity index is 555. The van der Waals surface area contributed by atoms with Gasteiger partial charge in [-0.05, 0) is 45.0 Å². The number of imidazole rings is 1. The molecule has 4 heteroatoms. The van der Waals surface area contributed by atoms with Crippen LogP contribution in [0.4, 0.5) is 0 Å².